The van der Waals surface area contributed by atoms with Crippen molar-refractivity contribution in [3.8, 4) is 0 Å². The molecule has 0 spiro atoms. The van der Waals surface area contributed by atoms with Gasteiger partial charge in [0, 0.05) is 0 Å². The van der Waals surface area contributed by atoms with Gasteiger partial charge in [-0.05, 0) is 6.42 Å². The third-order valence-electron chi connectivity index (χ3n) is 3.97. The van der Waals surface area contributed by atoms with Gasteiger partial charge in [0.2, 0.25) is 0 Å². The standard InChI is InChI=1S/C16H35NO3S/c1-2-3-4-5-6-7-8-9-10-11-12-13-14-15-16(17)21(18,19)20/h16H,2-15,17H2,1H3,(H,18,19,20). The van der Waals surface area contributed by atoms with Crippen molar-refractivity contribution in [1.29, 1.82) is 0 Å². The maximum atomic E-state index is 10.7. The third kappa shape index (κ3) is 14.6. The molecule has 3 N–H and O–H groups in total. The van der Waals surface area contributed by atoms with E-state index in [-0.39, 0.29) is 0 Å². The monoisotopic (exact) mass is 321 g/mol. The van der Waals surface area contributed by atoms with Crippen LogP contribution in [0.15, 0.2) is 0 Å². The second-order valence-electron chi connectivity index (χ2n) is 6.08. The van der Waals surface area contributed by atoms with Gasteiger partial charge in [-0.3, -0.25) is 4.55 Å². The molecule has 0 aliphatic carbocycles. The molecule has 0 aromatic rings. The molecule has 0 saturated carbocycles. The van der Waals surface area contributed by atoms with E-state index in [0.717, 1.165) is 19.3 Å². The summed E-state index contributed by atoms with van der Waals surface area (Å²) in [6.45, 7) is 2.25. The lowest BCUT2D eigenvalue weighted by Gasteiger charge is -2.07. The quantitative estimate of drug-likeness (QED) is 0.340. The minimum atomic E-state index is -4.04. The van der Waals surface area contributed by atoms with Gasteiger partial charge in [-0.2, -0.15) is 8.42 Å². The predicted molar refractivity (Wildman–Crippen MR) is 89.8 cm³/mol. The smallest absolute Gasteiger partial charge is 0.280 e. The van der Waals surface area contributed by atoms with E-state index in [1.165, 1.54) is 64.2 Å². The van der Waals surface area contributed by atoms with Crippen molar-refractivity contribution >= 4 is 10.1 Å². The van der Waals surface area contributed by atoms with Gasteiger partial charge in [-0.15, -0.1) is 0 Å². The van der Waals surface area contributed by atoms with Gasteiger partial charge in [0.1, 0.15) is 5.37 Å². The molecule has 0 saturated heterocycles. The van der Waals surface area contributed by atoms with Crippen LogP contribution in [0.4, 0.5) is 0 Å². The summed E-state index contributed by atoms with van der Waals surface area (Å²) in [6.07, 6.45) is 16.7. The zero-order valence-electron chi connectivity index (χ0n) is 13.7. The zero-order valence-corrected chi connectivity index (χ0v) is 14.5. The van der Waals surface area contributed by atoms with Crippen molar-refractivity contribution in [2.45, 2.75) is 102 Å². The average Bonchev–Trinajstić information content (AvgIpc) is 2.42. The highest BCUT2D eigenvalue weighted by Crippen LogP contribution is 2.13. The number of unbranched alkanes of at least 4 members (excludes halogenated alkanes) is 12. The van der Waals surface area contributed by atoms with Crippen LogP contribution in [-0.2, 0) is 10.1 Å². The molecule has 0 fully saturated rings. The molecule has 0 aromatic carbocycles. The molecule has 0 amide bonds. The van der Waals surface area contributed by atoms with E-state index in [0.29, 0.717) is 6.42 Å². The lowest BCUT2D eigenvalue weighted by molar-refractivity contribution is 0.457. The van der Waals surface area contributed by atoms with Gasteiger partial charge in [0.25, 0.3) is 10.1 Å². The first-order valence-electron chi connectivity index (χ1n) is 8.70. The molecule has 0 aliphatic heterocycles. The van der Waals surface area contributed by atoms with Gasteiger partial charge in [0.15, 0.2) is 0 Å². The lowest BCUT2D eigenvalue weighted by atomic mass is 10.0. The largest absolute Gasteiger partial charge is 0.313 e. The molecule has 0 aliphatic rings. The highest BCUT2D eigenvalue weighted by molar-refractivity contribution is 7.86. The van der Waals surface area contributed by atoms with Gasteiger partial charge in [-0.25, -0.2) is 0 Å². The van der Waals surface area contributed by atoms with Crippen molar-refractivity contribution < 1.29 is 13.0 Å². The van der Waals surface area contributed by atoms with Gasteiger partial charge in [0.05, 0.1) is 0 Å². The van der Waals surface area contributed by atoms with E-state index in [9.17, 15) is 8.42 Å². The normalized spacial score (nSPS) is 13.5. The van der Waals surface area contributed by atoms with Crippen LogP contribution in [0.2, 0.25) is 0 Å². The fraction of sp³-hybridized carbons (Fsp3) is 1.00. The molecule has 0 rings (SSSR count). The highest BCUT2D eigenvalue weighted by Gasteiger charge is 2.16. The Bertz CT molecular complexity index is 317. The Kier molecular flexibility index (Phi) is 13.4. The van der Waals surface area contributed by atoms with Crippen molar-refractivity contribution in [2.75, 3.05) is 0 Å². The predicted octanol–water partition coefficient (Wildman–Crippen LogP) is 4.64. The Balaban J connectivity index is 3.16. The van der Waals surface area contributed by atoms with Crippen LogP contribution < -0.4 is 5.73 Å². The molecule has 21 heavy (non-hydrogen) atoms. The molecule has 0 radical (unpaired) electrons. The number of hydrogen-bond acceptors (Lipinski definition) is 3. The second-order valence-corrected chi connectivity index (χ2v) is 7.72. The lowest BCUT2D eigenvalue weighted by Crippen LogP contribution is -2.29. The Hall–Kier alpha value is -0.130. The Labute approximate surface area is 131 Å². The summed E-state index contributed by atoms with van der Waals surface area (Å²) in [5.74, 6) is 0. The second kappa shape index (κ2) is 13.5. The molecule has 1 unspecified atom stereocenters. The van der Waals surface area contributed by atoms with Crippen molar-refractivity contribution in [2.24, 2.45) is 5.73 Å². The zero-order chi connectivity index (χ0) is 16.0. The minimum Gasteiger partial charge on any atom is -0.313 e. The Morgan fingerprint density at radius 3 is 1.43 bits per heavy atom. The number of rotatable bonds is 15. The summed E-state index contributed by atoms with van der Waals surface area (Å²) in [5, 5.41) is -1.11. The first-order chi connectivity index (χ1) is 9.98. The van der Waals surface area contributed by atoms with Gasteiger partial charge < -0.3 is 5.73 Å². The topological polar surface area (TPSA) is 80.4 Å². The number of hydrogen-bond donors (Lipinski definition) is 2. The molecule has 4 nitrogen and oxygen atoms in total. The summed E-state index contributed by atoms with van der Waals surface area (Å²) in [4.78, 5) is 0. The fourth-order valence-electron chi connectivity index (χ4n) is 2.51. The maximum Gasteiger partial charge on any atom is 0.280 e. The van der Waals surface area contributed by atoms with Crippen molar-refractivity contribution in [3.05, 3.63) is 0 Å². The van der Waals surface area contributed by atoms with E-state index in [4.69, 9.17) is 10.3 Å². The fourth-order valence-corrected chi connectivity index (χ4v) is 2.98. The summed E-state index contributed by atoms with van der Waals surface area (Å²) >= 11 is 0. The summed E-state index contributed by atoms with van der Waals surface area (Å²) in [6, 6.07) is 0. The SMILES string of the molecule is CCCCCCCCCCCCCCCC(N)S(=O)(=O)O. The van der Waals surface area contributed by atoms with Crippen LogP contribution >= 0.6 is 0 Å². The van der Waals surface area contributed by atoms with Gasteiger partial charge >= 0.3 is 0 Å². The van der Waals surface area contributed by atoms with Crippen molar-refractivity contribution in [1.82, 2.24) is 0 Å². The molecule has 5 heteroatoms. The van der Waals surface area contributed by atoms with Crippen molar-refractivity contribution in [3.63, 3.8) is 0 Å². The molecule has 1 atom stereocenters. The van der Waals surface area contributed by atoms with Gasteiger partial charge in [-0.1, -0.05) is 90.4 Å². The first-order valence-corrected chi connectivity index (χ1v) is 10.2. The van der Waals surface area contributed by atoms with E-state index in [1.807, 2.05) is 0 Å². The number of nitrogens with two attached hydrogens (primary N) is 1. The van der Waals surface area contributed by atoms with Crippen LogP contribution in [0, 0.1) is 0 Å². The summed E-state index contributed by atoms with van der Waals surface area (Å²) < 4.78 is 30.1. The van der Waals surface area contributed by atoms with E-state index >= 15 is 0 Å². The molecular weight excluding hydrogens is 286 g/mol. The molecule has 0 aromatic heterocycles. The van der Waals surface area contributed by atoms with Crippen LogP contribution in [0.5, 0.6) is 0 Å². The third-order valence-corrected chi connectivity index (χ3v) is 4.98. The molecular formula is C16H35NO3S. The van der Waals surface area contributed by atoms with Crippen LogP contribution in [0.1, 0.15) is 96.8 Å². The summed E-state index contributed by atoms with van der Waals surface area (Å²) in [7, 11) is -4.04. The maximum absolute atomic E-state index is 10.7. The highest BCUT2D eigenvalue weighted by atomic mass is 32.2. The van der Waals surface area contributed by atoms with Crippen LogP contribution in [0.3, 0.4) is 0 Å². The van der Waals surface area contributed by atoms with E-state index in [1.54, 1.807) is 0 Å². The molecule has 0 bridgehead atoms. The molecule has 0 heterocycles. The molecule has 128 valence electrons. The Morgan fingerprint density at radius 2 is 1.10 bits per heavy atom. The van der Waals surface area contributed by atoms with E-state index < -0.39 is 15.5 Å². The van der Waals surface area contributed by atoms with Crippen LogP contribution in [-0.4, -0.2) is 18.3 Å². The minimum absolute atomic E-state index is 0.358. The first kappa shape index (κ1) is 20.9. The van der Waals surface area contributed by atoms with E-state index in [2.05, 4.69) is 6.92 Å². The Morgan fingerprint density at radius 1 is 0.762 bits per heavy atom. The summed E-state index contributed by atoms with van der Waals surface area (Å²) in [5.41, 5.74) is 5.35. The van der Waals surface area contributed by atoms with Crippen LogP contribution in [0.25, 0.3) is 0 Å². The average molecular weight is 322 g/mol.